The second-order valence-corrected chi connectivity index (χ2v) is 6.09. The predicted molar refractivity (Wildman–Crippen MR) is 81.8 cm³/mol. The van der Waals surface area contributed by atoms with Crippen LogP contribution in [0.2, 0.25) is 5.02 Å². The van der Waals surface area contributed by atoms with Crippen molar-refractivity contribution in [1.82, 2.24) is 9.78 Å². The fourth-order valence-electron chi connectivity index (χ4n) is 3.00. The first kappa shape index (κ1) is 14.5. The molecule has 0 bridgehead atoms. The van der Waals surface area contributed by atoms with Crippen LogP contribution in [0.4, 0.5) is 4.39 Å². The van der Waals surface area contributed by atoms with Crippen molar-refractivity contribution in [3.63, 3.8) is 0 Å². The maximum Gasteiger partial charge on any atom is 0.146 e. The van der Waals surface area contributed by atoms with E-state index >= 15 is 0 Å². The Morgan fingerprint density at radius 3 is 2.86 bits per heavy atom. The summed E-state index contributed by atoms with van der Waals surface area (Å²) in [6.07, 6.45) is 7.44. The normalized spacial score (nSPS) is 17.3. The van der Waals surface area contributed by atoms with E-state index in [1.165, 1.54) is 31.7 Å². The summed E-state index contributed by atoms with van der Waals surface area (Å²) in [5.41, 5.74) is 7.45. The summed E-state index contributed by atoms with van der Waals surface area (Å²) in [4.78, 5) is 0. The number of halogens is 2. The average molecular weight is 308 g/mol. The first-order valence-electron chi connectivity index (χ1n) is 7.38. The maximum absolute atomic E-state index is 14.0. The summed E-state index contributed by atoms with van der Waals surface area (Å²) in [6, 6.07) is 6.98. The maximum atomic E-state index is 14.0. The Labute approximate surface area is 128 Å². The minimum Gasteiger partial charge on any atom is -0.324 e. The molecular weight excluding hydrogens is 289 g/mol. The molecule has 5 heteroatoms. The molecule has 1 saturated carbocycles. The van der Waals surface area contributed by atoms with Crippen molar-refractivity contribution >= 4 is 11.6 Å². The van der Waals surface area contributed by atoms with Gasteiger partial charge >= 0.3 is 0 Å². The van der Waals surface area contributed by atoms with E-state index in [-0.39, 0.29) is 5.02 Å². The van der Waals surface area contributed by atoms with Crippen LogP contribution in [0.15, 0.2) is 30.5 Å². The van der Waals surface area contributed by atoms with E-state index < -0.39 is 11.9 Å². The van der Waals surface area contributed by atoms with Crippen molar-refractivity contribution in [3.8, 4) is 0 Å². The van der Waals surface area contributed by atoms with Crippen LogP contribution in [-0.2, 0) is 6.42 Å². The molecule has 112 valence electrons. The lowest BCUT2D eigenvalue weighted by atomic mass is 10.0. The molecule has 1 fully saturated rings. The van der Waals surface area contributed by atoms with Crippen LogP contribution in [0.5, 0.6) is 0 Å². The molecule has 1 aromatic carbocycles. The lowest BCUT2D eigenvalue weighted by Crippen LogP contribution is -2.16. The zero-order valence-corrected chi connectivity index (χ0v) is 12.6. The minimum atomic E-state index is -0.435. The summed E-state index contributed by atoms with van der Waals surface area (Å²) < 4.78 is 16.0. The first-order valence-corrected chi connectivity index (χ1v) is 7.76. The van der Waals surface area contributed by atoms with Gasteiger partial charge in [-0.3, -0.25) is 4.68 Å². The Bertz CT molecular complexity index is 620. The molecule has 0 spiro atoms. The van der Waals surface area contributed by atoms with Gasteiger partial charge in [0.25, 0.3) is 0 Å². The molecule has 0 saturated heterocycles. The summed E-state index contributed by atoms with van der Waals surface area (Å²) in [6.45, 7) is 0. The molecule has 3 rings (SSSR count). The van der Waals surface area contributed by atoms with Crippen LogP contribution in [0.1, 0.15) is 49.0 Å². The average Bonchev–Trinajstić information content (AvgIpc) is 3.12. The van der Waals surface area contributed by atoms with Crippen LogP contribution < -0.4 is 5.73 Å². The van der Waals surface area contributed by atoms with Crippen LogP contribution in [0.25, 0.3) is 0 Å². The topological polar surface area (TPSA) is 43.8 Å². The van der Waals surface area contributed by atoms with Gasteiger partial charge in [0.1, 0.15) is 5.82 Å². The Balaban J connectivity index is 1.72. The molecule has 0 aliphatic heterocycles. The van der Waals surface area contributed by atoms with E-state index in [0.717, 1.165) is 5.69 Å². The quantitative estimate of drug-likeness (QED) is 0.926. The van der Waals surface area contributed by atoms with Gasteiger partial charge in [-0.15, -0.1) is 0 Å². The zero-order valence-electron chi connectivity index (χ0n) is 11.8. The number of rotatable bonds is 4. The van der Waals surface area contributed by atoms with Gasteiger partial charge in [-0.25, -0.2) is 4.39 Å². The number of nitrogens with zero attached hydrogens (tertiary/aromatic N) is 2. The fraction of sp³-hybridized carbons (Fsp3) is 0.438. The molecule has 0 amide bonds. The second kappa shape index (κ2) is 6.16. The molecule has 1 aliphatic carbocycles. The molecule has 2 aromatic rings. The minimum absolute atomic E-state index is 0.111. The zero-order chi connectivity index (χ0) is 14.8. The number of benzene rings is 1. The summed E-state index contributed by atoms with van der Waals surface area (Å²) >= 11 is 5.80. The monoisotopic (exact) mass is 307 g/mol. The summed E-state index contributed by atoms with van der Waals surface area (Å²) in [5, 5.41) is 4.70. The van der Waals surface area contributed by atoms with Gasteiger partial charge in [0.2, 0.25) is 0 Å². The largest absolute Gasteiger partial charge is 0.324 e. The molecule has 1 aliphatic rings. The van der Waals surface area contributed by atoms with E-state index in [4.69, 9.17) is 17.3 Å². The highest BCUT2D eigenvalue weighted by Crippen LogP contribution is 2.29. The highest BCUT2D eigenvalue weighted by atomic mass is 35.5. The van der Waals surface area contributed by atoms with Crippen LogP contribution in [0.3, 0.4) is 0 Å². The standard InChI is InChI=1S/C16H19ClFN3/c17-14-7-3-6-13(16(14)18)15(19)10-11-8-9-21(20-11)12-4-1-2-5-12/h3,6-9,12,15H,1-2,4-5,10,19H2. The van der Waals surface area contributed by atoms with Gasteiger partial charge < -0.3 is 5.73 Å². The van der Waals surface area contributed by atoms with Crippen molar-refractivity contribution in [3.05, 3.63) is 52.6 Å². The summed E-state index contributed by atoms with van der Waals surface area (Å²) in [7, 11) is 0. The third-order valence-electron chi connectivity index (χ3n) is 4.17. The number of aromatic nitrogens is 2. The summed E-state index contributed by atoms with van der Waals surface area (Å²) in [5.74, 6) is -0.429. The Morgan fingerprint density at radius 1 is 1.33 bits per heavy atom. The van der Waals surface area contributed by atoms with E-state index in [1.807, 2.05) is 16.9 Å². The van der Waals surface area contributed by atoms with Crippen molar-refractivity contribution in [1.29, 1.82) is 0 Å². The third kappa shape index (κ3) is 3.11. The van der Waals surface area contributed by atoms with Gasteiger partial charge in [0.15, 0.2) is 0 Å². The molecule has 1 atom stereocenters. The molecule has 1 heterocycles. The first-order chi connectivity index (χ1) is 10.1. The molecule has 0 radical (unpaired) electrons. The van der Waals surface area contributed by atoms with Crippen molar-refractivity contribution < 1.29 is 4.39 Å². The molecule has 1 unspecified atom stereocenters. The fourth-order valence-corrected chi connectivity index (χ4v) is 3.18. The van der Waals surface area contributed by atoms with Gasteiger partial charge in [0.05, 0.1) is 16.8 Å². The number of hydrogen-bond acceptors (Lipinski definition) is 2. The lowest BCUT2D eigenvalue weighted by molar-refractivity contribution is 0.460. The molecule has 21 heavy (non-hydrogen) atoms. The van der Waals surface area contributed by atoms with Crippen LogP contribution in [-0.4, -0.2) is 9.78 Å². The van der Waals surface area contributed by atoms with Crippen molar-refractivity contribution in [2.75, 3.05) is 0 Å². The van der Waals surface area contributed by atoms with E-state index in [1.54, 1.807) is 12.1 Å². The Morgan fingerprint density at radius 2 is 2.10 bits per heavy atom. The van der Waals surface area contributed by atoms with E-state index in [2.05, 4.69) is 5.10 Å². The second-order valence-electron chi connectivity index (χ2n) is 5.68. The van der Waals surface area contributed by atoms with Crippen molar-refractivity contribution in [2.45, 2.75) is 44.2 Å². The third-order valence-corrected chi connectivity index (χ3v) is 4.46. The Kier molecular flexibility index (Phi) is 4.27. The highest BCUT2D eigenvalue weighted by Gasteiger charge is 2.19. The predicted octanol–water partition coefficient (Wildman–Crippen LogP) is 4.03. The molecule has 3 nitrogen and oxygen atoms in total. The van der Waals surface area contributed by atoms with Gasteiger partial charge in [-0.2, -0.15) is 5.10 Å². The Hall–Kier alpha value is -1.39. The molecular formula is C16H19ClFN3. The number of nitrogens with two attached hydrogens (primary N) is 1. The lowest BCUT2D eigenvalue weighted by Gasteiger charge is -2.13. The number of hydrogen-bond donors (Lipinski definition) is 1. The van der Waals surface area contributed by atoms with Crippen LogP contribution >= 0.6 is 11.6 Å². The van der Waals surface area contributed by atoms with Gasteiger partial charge in [0, 0.05) is 24.2 Å². The molecule has 2 N–H and O–H groups in total. The van der Waals surface area contributed by atoms with Gasteiger partial charge in [-0.1, -0.05) is 36.6 Å². The smallest absolute Gasteiger partial charge is 0.146 e. The van der Waals surface area contributed by atoms with Gasteiger partial charge in [-0.05, 0) is 25.0 Å². The highest BCUT2D eigenvalue weighted by molar-refractivity contribution is 6.30. The van der Waals surface area contributed by atoms with Crippen molar-refractivity contribution in [2.24, 2.45) is 5.73 Å². The van der Waals surface area contributed by atoms with Crippen LogP contribution in [0, 0.1) is 5.82 Å². The SMILES string of the molecule is NC(Cc1ccn(C2CCCC2)n1)c1cccc(Cl)c1F. The van der Waals surface area contributed by atoms with E-state index in [9.17, 15) is 4.39 Å². The van der Waals surface area contributed by atoms with E-state index in [0.29, 0.717) is 18.0 Å². The molecule has 1 aromatic heterocycles.